The van der Waals surface area contributed by atoms with E-state index in [9.17, 15) is 0 Å². The smallest absolute Gasteiger partial charge is 0.192 e. The maximum atomic E-state index is 4.58. The highest BCUT2D eigenvalue weighted by Crippen LogP contribution is 2.25. The molecular weight excluding hydrogens is 272 g/mol. The van der Waals surface area contributed by atoms with Gasteiger partial charge in [-0.25, -0.2) is 19.6 Å². The standard InChI is InChI=1S/C13H20N6S/c1-4-6-10-17-11(14-7-5-2)8-12(18-10)20-13-15-9-16-19(13)3/h8-9H,4-7H2,1-3H3,(H,14,17,18). The van der Waals surface area contributed by atoms with Gasteiger partial charge in [0.25, 0.3) is 0 Å². The van der Waals surface area contributed by atoms with Crippen LogP contribution < -0.4 is 5.32 Å². The van der Waals surface area contributed by atoms with E-state index in [-0.39, 0.29) is 0 Å². The Morgan fingerprint density at radius 1 is 1.25 bits per heavy atom. The van der Waals surface area contributed by atoms with Crippen LogP contribution in [0.4, 0.5) is 5.82 Å². The number of aryl methyl sites for hydroxylation is 2. The first-order chi connectivity index (χ1) is 9.72. The first-order valence-electron chi connectivity index (χ1n) is 6.86. The third-order valence-electron chi connectivity index (χ3n) is 2.64. The number of rotatable bonds is 7. The quantitative estimate of drug-likeness (QED) is 0.791. The number of anilines is 1. The molecule has 0 amide bonds. The number of hydrogen-bond acceptors (Lipinski definition) is 6. The molecule has 2 aromatic rings. The molecule has 0 aliphatic heterocycles. The lowest BCUT2D eigenvalue weighted by molar-refractivity contribution is 0.684. The molecular formula is C13H20N6S. The molecule has 0 fully saturated rings. The second-order valence-corrected chi connectivity index (χ2v) is 5.44. The highest BCUT2D eigenvalue weighted by atomic mass is 32.2. The Kier molecular flexibility index (Phi) is 5.34. The van der Waals surface area contributed by atoms with E-state index in [0.717, 1.165) is 47.6 Å². The van der Waals surface area contributed by atoms with Crippen LogP contribution in [-0.2, 0) is 13.5 Å². The Morgan fingerprint density at radius 3 is 2.75 bits per heavy atom. The van der Waals surface area contributed by atoms with Gasteiger partial charge in [-0.1, -0.05) is 13.8 Å². The minimum Gasteiger partial charge on any atom is -0.370 e. The summed E-state index contributed by atoms with van der Waals surface area (Å²) in [5.74, 6) is 1.76. The number of hydrogen-bond donors (Lipinski definition) is 1. The molecule has 0 unspecified atom stereocenters. The zero-order chi connectivity index (χ0) is 14.4. The molecule has 0 spiro atoms. The molecule has 0 saturated heterocycles. The van der Waals surface area contributed by atoms with Crippen molar-refractivity contribution in [2.24, 2.45) is 7.05 Å². The predicted octanol–water partition coefficient (Wildman–Crippen LogP) is 2.53. The van der Waals surface area contributed by atoms with Crippen LogP contribution >= 0.6 is 11.8 Å². The minimum atomic E-state index is 0.826. The Hall–Kier alpha value is -1.63. The van der Waals surface area contributed by atoms with E-state index in [2.05, 4.69) is 39.2 Å². The molecule has 7 heteroatoms. The Morgan fingerprint density at radius 2 is 2.10 bits per heavy atom. The van der Waals surface area contributed by atoms with Crippen LogP contribution in [0.2, 0.25) is 0 Å². The summed E-state index contributed by atoms with van der Waals surface area (Å²) < 4.78 is 1.74. The average molecular weight is 292 g/mol. The summed E-state index contributed by atoms with van der Waals surface area (Å²) in [6.45, 7) is 5.18. The van der Waals surface area contributed by atoms with Gasteiger partial charge in [-0.15, -0.1) is 0 Å². The number of nitrogens with one attached hydrogen (secondary N) is 1. The van der Waals surface area contributed by atoms with Crippen molar-refractivity contribution < 1.29 is 0 Å². The zero-order valence-corrected chi connectivity index (χ0v) is 12.9. The van der Waals surface area contributed by atoms with E-state index in [0.29, 0.717) is 0 Å². The van der Waals surface area contributed by atoms with Gasteiger partial charge in [0.05, 0.1) is 0 Å². The van der Waals surface area contributed by atoms with Gasteiger partial charge >= 0.3 is 0 Å². The van der Waals surface area contributed by atoms with Gasteiger partial charge in [0.1, 0.15) is 23.0 Å². The minimum absolute atomic E-state index is 0.826. The lowest BCUT2D eigenvalue weighted by atomic mass is 10.3. The van der Waals surface area contributed by atoms with Gasteiger partial charge in [-0.05, 0) is 24.6 Å². The molecule has 0 radical (unpaired) electrons. The highest BCUT2D eigenvalue weighted by molar-refractivity contribution is 7.99. The van der Waals surface area contributed by atoms with Crippen LogP contribution in [0, 0.1) is 0 Å². The van der Waals surface area contributed by atoms with E-state index in [1.807, 2.05) is 13.1 Å². The summed E-state index contributed by atoms with van der Waals surface area (Å²) in [5, 5.41) is 9.12. The first-order valence-corrected chi connectivity index (χ1v) is 7.68. The predicted molar refractivity (Wildman–Crippen MR) is 79.9 cm³/mol. The summed E-state index contributed by atoms with van der Waals surface area (Å²) in [6, 6.07) is 1.97. The first kappa shape index (κ1) is 14.8. The fraction of sp³-hybridized carbons (Fsp3) is 0.538. The topological polar surface area (TPSA) is 68.5 Å². The van der Waals surface area contributed by atoms with Crippen molar-refractivity contribution in [1.29, 1.82) is 0 Å². The van der Waals surface area contributed by atoms with Crippen molar-refractivity contribution in [1.82, 2.24) is 24.7 Å². The third kappa shape index (κ3) is 3.93. The Bertz CT molecular complexity index is 554. The molecule has 6 nitrogen and oxygen atoms in total. The molecule has 2 aromatic heterocycles. The van der Waals surface area contributed by atoms with Crippen LogP contribution in [-0.4, -0.2) is 31.3 Å². The fourth-order valence-electron chi connectivity index (χ4n) is 1.68. The second kappa shape index (κ2) is 7.23. The van der Waals surface area contributed by atoms with Gasteiger partial charge in [-0.3, -0.25) is 0 Å². The molecule has 2 rings (SSSR count). The van der Waals surface area contributed by atoms with Crippen LogP contribution in [0.5, 0.6) is 0 Å². The van der Waals surface area contributed by atoms with Crippen LogP contribution in [0.15, 0.2) is 22.6 Å². The van der Waals surface area contributed by atoms with E-state index < -0.39 is 0 Å². The SMILES string of the molecule is CCCNc1cc(Sc2ncnn2C)nc(CCC)n1. The van der Waals surface area contributed by atoms with Gasteiger partial charge < -0.3 is 5.32 Å². The van der Waals surface area contributed by atoms with Gasteiger partial charge in [0.2, 0.25) is 0 Å². The maximum absolute atomic E-state index is 4.58. The summed E-state index contributed by atoms with van der Waals surface area (Å²) in [6.07, 6.45) is 4.53. The van der Waals surface area contributed by atoms with Crippen molar-refractivity contribution in [3.05, 3.63) is 18.2 Å². The summed E-state index contributed by atoms with van der Waals surface area (Å²) in [4.78, 5) is 13.3. The molecule has 0 atom stereocenters. The average Bonchev–Trinajstić information content (AvgIpc) is 2.82. The molecule has 2 heterocycles. The second-order valence-electron chi connectivity index (χ2n) is 4.45. The highest BCUT2D eigenvalue weighted by Gasteiger charge is 2.09. The van der Waals surface area contributed by atoms with Crippen LogP contribution in [0.25, 0.3) is 0 Å². The lowest BCUT2D eigenvalue weighted by Gasteiger charge is -2.08. The van der Waals surface area contributed by atoms with Crippen molar-refractivity contribution in [2.75, 3.05) is 11.9 Å². The lowest BCUT2D eigenvalue weighted by Crippen LogP contribution is -2.06. The van der Waals surface area contributed by atoms with E-state index >= 15 is 0 Å². The summed E-state index contributed by atoms with van der Waals surface area (Å²) >= 11 is 1.51. The Labute approximate surface area is 123 Å². The monoisotopic (exact) mass is 292 g/mol. The Balaban J connectivity index is 2.21. The fourth-order valence-corrected chi connectivity index (χ4v) is 2.46. The molecule has 0 aromatic carbocycles. The molecule has 108 valence electrons. The molecule has 0 bridgehead atoms. The van der Waals surface area contributed by atoms with Gasteiger partial charge in [0.15, 0.2) is 5.16 Å². The van der Waals surface area contributed by atoms with Gasteiger partial charge in [0, 0.05) is 26.1 Å². The van der Waals surface area contributed by atoms with E-state index in [4.69, 9.17) is 0 Å². The van der Waals surface area contributed by atoms with Crippen molar-refractivity contribution in [2.45, 2.75) is 43.3 Å². The van der Waals surface area contributed by atoms with E-state index in [1.54, 1.807) is 11.0 Å². The number of nitrogens with zero attached hydrogens (tertiary/aromatic N) is 5. The normalized spacial score (nSPS) is 10.8. The van der Waals surface area contributed by atoms with Crippen molar-refractivity contribution >= 4 is 17.6 Å². The molecule has 1 N–H and O–H groups in total. The molecule has 0 aliphatic rings. The van der Waals surface area contributed by atoms with Crippen LogP contribution in [0.1, 0.15) is 32.5 Å². The molecule has 0 aliphatic carbocycles. The molecule has 20 heavy (non-hydrogen) atoms. The zero-order valence-electron chi connectivity index (χ0n) is 12.1. The number of aromatic nitrogens is 5. The van der Waals surface area contributed by atoms with E-state index in [1.165, 1.54) is 11.8 Å². The van der Waals surface area contributed by atoms with Crippen LogP contribution in [0.3, 0.4) is 0 Å². The largest absolute Gasteiger partial charge is 0.370 e. The maximum Gasteiger partial charge on any atom is 0.192 e. The van der Waals surface area contributed by atoms with Crippen molar-refractivity contribution in [3.63, 3.8) is 0 Å². The van der Waals surface area contributed by atoms with Crippen molar-refractivity contribution in [3.8, 4) is 0 Å². The summed E-state index contributed by atoms with van der Waals surface area (Å²) in [5.41, 5.74) is 0. The summed E-state index contributed by atoms with van der Waals surface area (Å²) in [7, 11) is 1.87. The molecule has 0 saturated carbocycles. The third-order valence-corrected chi connectivity index (χ3v) is 3.61. The van der Waals surface area contributed by atoms with Gasteiger partial charge in [-0.2, -0.15) is 5.10 Å².